The van der Waals surface area contributed by atoms with Crippen molar-refractivity contribution in [1.29, 1.82) is 0 Å². The van der Waals surface area contributed by atoms with E-state index in [9.17, 15) is 8.42 Å². The first-order valence-electron chi connectivity index (χ1n) is 6.78. The minimum atomic E-state index is -3.56. The maximum Gasteiger partial charge on any atom is 0.258 e. The summed E-state index contributed by atoms with van der Waals surface area (Å²) in [5.41, 5.74) is 1.92. The summed E-state index contributed by atoms with van der Waals surface area (Å²) in [7, 11) is -3.56. The molecule has 0 unspecified atom stereocenters. The predicted molar refractivity (Wildman–Crippen MR) is 84.6 cm³/mol. The zero-order chi connectivity index (χ0) is 15.1. The van der Waals surface area contributed by atoms with Gasteiger partial charge < -0.3 is 5.32 Å². The molecule has 2 aromatic heterocycles. The van der Waals surface area contributed by atoms with Gasteiger partial charge in [-0.15, -0.1) is 0 Å². The van der Waals surface area contributed by atoms with E-state index in [0.717, 1.165) is 24.1 Å². The number of hydrogen-bond donors (Lipinski definition) is 2. The Kier molecular flexibility index (Phi) is 5.86. The largest absolute Gasteiger partial charge is 0.313 e. The zero-order valence-corrected chi connectivity index (χ0v) is 13.5. The van der Waals surface area contributed by atoms with E-state index in [1.165, 1.54) is 11.3 Å². The smallest absolute Gasteiger partial charge is 0.258 e. The third kappa shape index (κ3) is 4.89. The topological polar surface area (TPSA) is 71.1 Å². The predicted octanol–water partition coefficient (Wildman–Crippen LogP) is 2.12. The van der Waals surface area contributed by atoms with Crippen LogP contribution < -0.4 is 10.0 Å². The van der Waals surface area contributed by atoms with Crippen LogP contribution in [0.3, 0.4) is 0 Å². The summed E-state index contributed by atoms with van der Waals surface area (Å²) in [5.74, 6) is 0. The molecule has 0 atom stereocenters. The molecule has 0 amide bonds. The molecule has 0 saturated carbocycles. The van der Waals surface area contributed by atoms with E-state index in [-0.39, 0.29) is 11.6 Å². The fourth-order valence-corrected chi connectivity index (χ4v) is 3.34. The van der Waals surface area contributed by atoms with Gasteiger partial charge in [-0.05, 0) is 47.0 Å². The van der Waals surface area contributed by atoms with E-state index < -0.39 is 10.0 Å². The first-order chi connectivity index (χ1) is 10.1. The van der Waals surface area contributed by atoms with Gasteiger partial charge in [0.1, 0.15) is 0 Å². The van der Waals surface area contributed by atoms with Crippen molar-refractivity contribution < 1.29 is 8.42 Å². The average Bonchev–Trinajstić information content (AvgIpc) is 3.00. The second-order valence-electron chi connectivity index (χ2n) is 4.64. The Morgan fingerprint density at radius 2 is 2.05 bits per heavy atom. The lowest BCUT2D eigenvalue weighted by molar-refractivity contribution is 0.577. The number of sulfonamides is 1. The van der Waals surface area contributed by atoms with Gasteiger partial charge in [0.05, 0.1) is 0 Å². The number of pyridine rings is 1. The van der Waals surface area contributed by atoms with E-state index in [1.807, 2.05) is 16.8 Å². The Morgan fingerprint density at radius 1 is 1.19 bits per heavy atom. The van der Waals surface area contributed by atoms with Crippen LogP contribution >= 0.6 is 11.3 Å². The summed E-state index contributed by atoms with van der Waals surface area (Å²) in [6.45, 7) is 4.01. The zero-order valence-electron chi connectivity index (χ0n) is 11.9. The Hall–Kier alpha value is -1.28. The van der Waals surface area contributed by atoms with Gasteiger partial charge in [-0.1, -0.05) is 13.0 Å². The normalized spacial score (nSPS) is 11.7. The molecule has 0 saturated heterocycles. The highest BCUT2D eigenvalue weighted by atomic mass is 32.2. The maximum absolute atomic E-state index is 12.1. The van der Waals surface area contributed by atoms with Crippen LogP contribution in [0, 0.1) is 0 Å². The molecule has 0 radical (unpaired) electrons. The van der Waals surface area contributed by atoms with Crippen LogP contribution in [0.4, 0.5) is 0 Å². The molecule has 0 fully saturated rings. The lowest BCUT2D eigenvalue weighted by Gasteiger charge is -2.07. The highest BCUT2D eigenvalue weighted by Crippen LogP contribution is 2.10. The Labute approximate surface area is 129 Å². The van der Waals surface area contributed by atoms with Crippen molar-refractivity contribution in [3.8, 4) is 0 Å². The third-order valence-electron chi connectivity index (χ3n) is 2.88. The van der Waals surface area contributed by atoms with Crippen LogP contribution in [0.25, 0.3) is 0 Å². The molecule has 2 heterocycles. The molecule has 7 heteroatoms. The molecule has 0 bridgehead atoms. The van der Waals surface area contributed by atoms with Crippen LogP contribution in [0.2, 0.25) is 0 Å². The fraction of sp³-hybridized carbons (Fsp3) is 0.357. The van der Waals surface area contributed by atoms with Gasteiger partial charge in [-0.2, -0.15) is 11.3 Å². The number of nitrogens with zero attached hydrogens (tertiary/aromatic N) is 1. The highest BCUT2D eigenvalue weighted by molar-refractivity contribution is 7.89. The third-order valence-corrected chi connectivity index (χ3v) is 4.92. The number of aromatic nitrogens is 1. The van der Waals surface area contributed by atoms with Gasteiger partial charge in [0.2, 0.25) is 0 Å². The van der Waals surface area contributed by atoms with E-state index in [2.05, 4.69) is 21.9 Å². The Morgan fingerprint density at radius 3 is 2.67 bits per heavy atom. The van der Waals surface area contributed by atoms with Gasteiger partial charge in [0.15, 0.2) is 5.03 Å². The van der Waals surface area contributed by atoms with Gasteiger partial charge in [-0.3, -0.25) is 0 Å². The molecular weight excluding hydrogens is 306 g/mol. The molecule has 0 aliphatic rings. The second kappa shape index (κ2) is 7.65. The van der Waals surface area contributed by atoms with Crippen molar-refractivity contribution in [2.45, 2.75) is 31.5 Å². The molecule has 0 aliphatic carbocycles. The lowest BCUT2D eigenvalue weighted by Crippen LogP contribution is -2.24. The van der Waals surface area contributed by atoms with Crippen LogP contribution in [0.1, 0.15) is 24.5 Å². The fourth-order valence-electron chi connectivity index (χ4n) is 1.73. The summed E-state index contributed by atoms with van der Waals surface area (Å²) >= 11 is 1.54. The standard InChI is InChI=1S/C14H19N3O2S2/c1-2-6-15-8-12-3-4-14(16-9-12)21(18,19)17-10-13-5-7-20-11-13/h3-5,7,9,11,15,17H,2,6,8,10H2,1H3. The van der Waals surface area contributed by atoms with E-state index in [1.54, 1.807) is 18.3 Å². The lowest BCUT2D eigenvalue weighted by atomic mass is 10.3. The quantitative estimate of drug-likeness (QED) is 0.729. The Bertz CT molecular complexity index is 637. The summed E-state index contributed by atoms with van der Waals surface area (Å²) in [6, 6.07) is 5.22. The summed E-state index contributed by atoms with van der Waals surface area (Å²) in [5, 5.41) is 7.13. The molecule has 21 heavy (non-hydrogen) atoms. The van der Waals surface area contributed by atoms with Crippen LogP contribution in [0.5, 0.6) is 0 Å². The van der Waals surface area contributed by atoms with Gasteiger partial charge in [-0.25, -0.2) is 18.1 Å². The summed E-state index contributed by atoms with van der Waals surface area (Å²) < 4.78 is 26.8. The van der Waals surface area contributed by atoms with Crippen molar-refractivity contribution in [2.75, 3.05) is 6.54 Å². The minimum Gasteiger partial charge on any atom is -0.313 e. The first-order valence-corrected chi connectivity index (χ1v) is 9.21. The number of nitrogens with one attached hydrogen (secondary N) is 2. The highest BCUT2D eigenvalue weighted by Gasteiger charge is 2.15. The van der Waals surface area contributed by atoms with Gasteiger partial charge in [0, 0.05) is 19.3 Å². The van der Waals surface area contributed by atoms with Crippen LogP contribution in [-0.4, -0.2) is 19.9 Å². The molecule has 5 nitrogen and oxygen atoms in total. The van der Waals surface area contributed by atoms with E-state index in [4.69, 9.17) is 0 Å². The number of thiophene rings is 1. The monoisotopic (exact) mass is 325 g/mol. The number of rotatable bonds is 8. The molecule has 2 aromatic rings. The maximum atomic E-state index is 12.1. The molecule has 0 spiro atoms. The molecule has 2 N–H and O–H groups in total. The van der Waals surface area contributed by atoms with Crippen molar-refractivity contribution in [3.05, 3.63) is 46.3 Å². The molecule has 114 valence electrons. The Balaban J connectivity index is 1.96. The van der Waals surface area contributed by atoms with Crippen molar-refractivity contribution >= 4 is 21.4 Å². The van der Waals surface area contributed by atoms with E-state index >= 15 is 0 Å². The van der Waals surface area contributed by atoms with Crippen LogP contribution in [0.15, 0.2) is 40.2 Å². The second-order valence-corrected chi connectivity index (χ2v) is 7.13. The van der Waals surface area contributed by atoms with E-state index in [0.29, 0.717) is 6.54 Å². The van der Waals surface area contributed by atoms with Gasteiger partial charge in [0.25, 0.3) is 10.0 Å². The molecule has 2 rings (SSSR count). The number of hydrogen-bond acceptors (Lipinski definition) is 5. The first kappa shape index (κ1) is 16.1. The average molecular weight is 325 g/mol. The van der Waals surface area contributed by atoms with Crippen molar-refractivity contribution in [3.63, 3.8) is 0 Å². The molecule has 0 aromatic carbocycles. The van der Waals surface area contributed by atoms with Crippen LogP contribution in [-0.2, 0) is 23.1 Å². The molecular formula is C14H19N3O2S2. The summed E-state index contributed by atoms with van der Waals surface area (Å²) in [4.78, 5) is 4.04. The minimum absolute atomic E-state index is 0.0528. The SMILES string of the molecule is CCCNCc1ccc(S(=O)(=O)NCc2ccsc2)nc1. The molecule has 0 aliphatic heterocycles. The van der Waals surface area contributed by atoms with Crippen molar-refractivity contribution in [2.24, 2.45) is 0 Å². The van der Waals surface area contributed by atoms with Gasteiger partial charge >= 0.3 is 0 Å². The van der Waals surface area contributed by atoms with Crippen molar-refractivity contribution in [1.82, 2.24) is 15.0 Å². The summed E-state index contributed by atoms with van der Waals surface area (Å²) in [6.07, 6.45) is 2.66.